The topological polar surface area (TPSA) is 87.3 Å². The summed E-state index contributed by atoms with van der Waals surface area (Å²) < 4.78 is 7.25. The minimum absolute atomic E-state index is 0.0243. The van der Waals surface area contributed by atoms with Crippen LogP contribution in [0.15, 0.2) is 30.6 Å². The number of hydrogen-bond donors (Lipinski definition) is 0. The maximum Gasteiger partial charge on any atom is 0.280 e. The number of nitro groups is 1. The normalized spacial score (nSPS) is 10.6. The van der Waals surface area contributed by atoms with Crippen LogP contribution in [0.25, 0.3) is 0 Å². The Morgan fingerprint density at radius 2 is 2.15 bits per heavy atom. The molecule has 1 aromatic heterocycles. The van der Waals surface area contributed by atoms with E-state index in [0.717, 1.165) is 0 Å². The predicted octanol–water partition coefficient (Wildman–Crippen LogP) is 2.98. The van der Waals surface area contributed by atoms with Gasteiger partial charge in [-0.2, -0.15) is 5.10 Å². The van der Waals surface area contributed by atoms with Gasteiger partial charge in [-0.05, 0) is 26.0 Å². The van der Waals surface area contributed by atoms with E-state index < -0.39 is 4.92 Å². The van der Waals surface area contributed by atoms with Gasteiger partial charge in [0.25, 0.3) is 5.69 Å². The number of aromatic nitrogens is 2. The lowest BCUT2D eigenvalue weighted by Gasteiger charge is -2.05. The smallest absolute Gasteiger partial charge is 0.280 e. The second-order valence-electron chi connectivity index (χ2n) is 4.45. The second-order valence-corrected chi connectivity index (χ2v) is 4.45. The summed E-state index contributed by atoms with van der Waals surface area (Å²) in [7, 11) is 0. The summed E-state index contributed by atoms with van der Waals surface area (Å²) in [6.07, 6.45) is 3.69. The van der Waals surface area contributed by atoms with Crippen LogP contribution < -0.4 is 4.74 Å². The first kappa shape index (κ1) is 13.7. The molecule has 1 aromatic carbocycles. The zero-order valence-corrected chi connectivity index (χ0v) is 11.0. The number of benzene rings is 1. The van der Waals surface area contributed by atoms with E-state index in [4.69, 9.17) is 4.74 Å². The van der Waals surface area contributed by atoms with E-state index >= 15 is 0 Å². The van der Waals surface area contributed by atoms with Crippen molar-refractivity contribution in [2.75, 3.05) is 0 Å². The Hall–Kier alpha value is -2.70. The highest BCUT2D eigenvalue weighted by molar-refractivity contribution is 5.82. The van der Waals surface area contributed by atoms with Crippen LogP contribution >= 0.6 is 0 Å². The third-order valence-corrected chi connectivity index (χ3v) is 2.67. The highest BCUT2D eigenvalue weighted by atomic mass is 16.6. The molecule has 2 rings (SSSR count). The molecule has 0 aliphatic carbocycles. The zero-order valence-electron chi connectivity index (χ0n) is 11.0. The monoisotopic (exact) mass is 275 g/mol. The van der Waals surface area contributed by atoms with Crippen LogP contribution in [0.2, 0.25) is 0 Å². The van der Waals surface area contributed by atoms with E-state index in [1.165, 1.54) is 18.2 Å². The fraction of sp³-hybridized carbons (Fsp3) is 0.231. The van der Waals surface area contributed by atoms with Crippen molar-refractivity contribution in [1.29, 1.82) is 0 Å². The van der Waals surface area contributed by atoms with Crippen LogP contribution in [0.4, 0.5) is 5.69 Å². The van der Waals surface area contributed by atoms with E-state index in [2.05, 4.69) is 5.10 Å². The van der Waals surface area contributed by atoms with Gasteiger partial charge in [0, 0.05) is 12.1 Å². The van der Waals surface area contributed by atoms with Crippen LogP contribution in [0.3, 0.4) is 0 Å². The number of nitrogens with zero attached hydrogens (tertiary/aromatic N) is 3. The molecule has 0 radical (unpaired) electrons. The Morgan fingerprint density at radius 3 is 2.70 bits per heavy atom. The van der Waals surface area contributed by atoms with Crippen LogP contribution in [-0.2, 0) is 0 Å². The predicted molar refractivity (Wildman–Crippen MR) is 71.2 cm³/mol. The van der Waals surface area contributed by atoms with Gasteiger partial charge in [-0.1, -0.05) is 0 Å². The Morgan fingerprint density at radius 1 is 1.40 bits per heavy atom. The summed E-state index contributed by atoms with van der Waals surface area (Å²) in [5.74, 6) is 0.852. The average molecular weight is 275 g/mol. The second kappa shape index (κ2) is 5.52. The van der Waals surface area contributed by atoms with Gasteiger partial charge in [0.1, 0.15) is 5.75 Å². The van der Waals surface area contributed by atoms with Crippen molar-refractivity contribution in [2.45, 2.75) is 19.9 Å². The summed E-state index contributed by atoms with van der Waals surface area (Å²) >= 11 is 0. The van der Waals surface area contributed by atoms with Crippen molar-refractivity contribution in [2.24, 2.45) is 0 Å². The number of carbonyl (C=O) groups is 1. The molecule has 0 atom stereocenters. The van der Waals surface area contributed by atoms with Crippen LogP contribution in [0.5, 0.6) is 11.5 Å². The minimum Gasteiger partial charge on any atom is -0.454 e. The first-order valence-corrected chi connectivity index (χ1v) is 5.97. The van der Waals surface area contributed by atoms with Gasteiger partial charge in [-0.15, -0.1) is 0 Å². The molecule has 1 heterocycles. The zero-order chi connectivity index (χ0) is 14.7. The summed E-state index contributed by atoms with van der Waals surface area (Å²) in [6, 6.07) is 4.22. The van der Waals surface area contributed by atoms with Gasteiger partial charge in [0.15, 0.2) is 12.0 Å². The van der Waals surface area contributed by atoms with E-state index in [-0.39, 0.29) is 17.3 Å². The average Bonchev–Trinajstić information content (AvgIpc) is 2.87. The number of hydrogen-bond acceptors (Lipinski definition) is 5. The molecule has 0 aliphatic heterocycles. The Balaban J connectivity index is 2.25. The third kappa shape index (κ3) is 2.82. The molecule has 0 unspecified atom stereocenters. The minimum atomic E-state index is -0.607. The van der Waals surface area contributed by atoms with E-state index in [0.29, 0.717) is 17.8 Å². The quantitative estimate of drug-likeness (QED) is 0.475. The molecule has 0 bridgehead atoms. The van der Waals surface area contributed by atoms with Gasteiger partial charge in [0.05, 0.1) is 22.9 Å². The first-order chi connectivity index (χ1) is 9.51. The standard InChI is InChI=1S/C13H13N3O4/c1-9(2)15-7-12(6-14-15)20-11-3-4-13(16(18)19)10(5-11)8-17/h3-9H,1-2H3. The molecule has 0 saturated carbocycles. The molecule has 0 N–H and O–H groups in total. The van der Waals surface area contributed by atoms with Crippen LogP contribution in [0, 0.1) is 10.1 Å². The molecule has 2 aromatic rings. The summed E-state index contributed by atoms with van der Waals surface area (Å²) in [5.41, 5.74) is -0.269. The van der Waals surface area contributed by atoms with E-state index in [9.17, 15) is 14.9 Å². The molecule has 104 valence electrons. The third-order valence-electron chi connectivity index (χ3n) is 2.67. The molecule has 0 aliphatic rings. The molecule has 0 saturated heterocycles. The van der Waals surface area contributed by atoms with Crippen molar-refractivity contribution in [3.63, 3.8) is 0 Å². The summed E-state index contributed by atoms with van der Waals surface area (Å²) in [5, 5.41) is 14.8. The molecule has 0 fully saturated rings. The SMILES string of the molecule is CC(C)n1cc(Oc2ccc([N+](=O)[O-])c(C=O)c2)cn1. The lowest BCUT2D eigenvalue weighted by atomic mass is 10.2. The van der Waals surface area contributed by atoms with E-state index in [1.54, 1.807) is 17.1 Å². The van der Waals surface area contributed by atoms with Crippen LogP contribution in [0.1, 0.15) is 30.2 Å². The maximum atomic E-state index is 10.9. The van der Waals surface area contributed by atoms with Gasteiger partial charge < -0.3 is 4.74 Å². The van der Waals surface area contributed by atoms with Crippen molar-refractivity contribution in [3.05, 3.63) is 46.3 Å². The first-order valence-electron chi connectivity index (χ1n) is 5.97. The van der Waals surface area contributed by atoms with Crippen LogP contribution in [-0.4, -0.2) is 21.0 Å². The lowest BCUT2D eigenvalue weighted by Crippen LogP contribution is -1.99. The number of nitro benzene ring substituents is 1. The van der Waals surface area contributed by atoms with Gasteiger partial charge >= 0.3 is 0 Å². The fourth-order valence-corrected chi connectivity index (χ4v) is 1.65. The van der Waals surface area contributed by atoms with E-state index in [1.807, 2.05) is 13.8 Å². The van der Waals surface area contributed by atoms with Gasteiger partial charge in [-0.3, -0.25) is 19.6 Å². The van der Waals surface area contributed by atoms with Crippen molar-refractivity contribution < 1.29 is 14.5 Å². The summed E-state index contributed by atoms with van der Waals surface area (Å²) in [4.78, 5) is 21.0. The van der Waals surface area contributed by atoms with Gasteiger partial charge in [-0.25, -0.2) is 0 Å². The molecule has 7 heteroatoms. The molecule has 0 amide bonds. The van der Waals surface area contributed by atoms with Crippen molar-refractivity contribution >= 4 is 12.0 Å². The number of ether oxygens (including phenoxy) is 1. The largest absolute Gasteiger partial charge is 0.454 e. The Labute approximate surface area is 114 Å². The molecular weight excluding hydrogens is 262 g/mol. The number of carbonyl (C=O) groups excluding carboxylic acids is 1. The lowest BCUT2D eigenvalue weighted by molar-refractivity contribution is -0.385. The molecular formula is C13H13N3O4. The maximum absolute atomic E-state index is 10.9. The molecule has 20 heavy (non-hydrogen) atoms. The number of rotatable bonds is 5. The van der Waals surface area contributed by atoms with Crippen molar-refractivity contribution in [3.8, 4) is 11.5 Å². The Bertz CT molecular complexity index is 649. The highest BCUT2D eigenvalue weighted by Crippen LogP contribution is 2.26. The highest BCUT2D eigenvalue weighted by Gasteiger charge is 2.14. The molecule has 0 spiro atoms. The molecule has 7 nitrogen and oxygen atoms in total. The van der Waals surface area contributed by atoms with Gasteiger partial charge in [0.2, 0.25) is 0 Å². The van der Waals surface area contributed by atoms with Crippen molar-refractivity contribution in [1.82, 2.24) is 9.78 Å². The fourth-order valence-electron chi connectivity index (χ4n) is 1.65. The Kier molecular flexibility index (Phi) is 3.79. The summed E-state index contributed by atoms with van der Waals surface area (Å²) in [6.45, 7) is 3.96. The number of aldehydes is 1.